The van der Waals surface area contributed by atoms with Crippen molar-refractivity contribution in [3.8, 4) is 22.6 Å². The van der Waals surface area contributed by atoms with Gasteiger partial charge in [0.1, 0.15) is 5.75 Å². The van der Waals surface area contributed by atoms with E-state index in [0.29, 0.717) is 5.56 Å². The van der Waals surface area contributed by atoms with Crippen LogP contribution in [0.15, 0.2) is 108 Å². The van der Waals surface area contributed by atoms with Gasteiger partial charge in [-0.05, 0) is 83.6 Å². The molecule has 0 saturated heterocycles. The minimum atomic E-state index is -4.00. The average Bonchev–Trinajstić information content (AvgIpc) is 3.34. The summed E-state index contributed by atoms with van der Waals surface area (Å²) in [5.41, 5.74) is 5.49. The van der Waals surface area contributed by atoms with Crippen LogP contribution in [0.4, 0.5) is 8.78 Å². The van der Waals surface area contributed by atoms with Gasteiger partial charge in [0.15, 0.2) is 0 Å². The minimum absolute atomic E-state index is 0.00451. The van der Waals surface area contributed by atoms with Crippen LogP contribution in [0.2, 0.25) is 0 Å². The second kappa shape index (κ2) is 11.9. The minimum Gasteiger partial charge on any atom is -0.435 e. The van der Waals surface area contributed by atoms with Crippen LogP contribution in [0.25, 0.3) is 27.7 Å². The normalized spacial score (nSPS) is 11.6. The van der Waals surface area contributed by atoms with Gasteiger partial charge < -0.3 is 9.30 Å². The van der Waals surface area contributed by atoms with E-state index in [9.17, 15) is 22.0 Å². The van der Waals surface area contributed by atoms with Crippen molar-refractivity contribution in [3.05, 3.63) is 114 Å². The molecule has 1 heterocycles. The molecule has 0 atom stereocenters. The fraction of sp³-hybridized carbons (Fsp3) is 0.156. The highest BCUT2D eigenvalue weighted by atomic mass is 32.2. The Hall–Kier alpha value is -4.50. The number of rotatable bonds is 10. The van der Waals surface area contributed by atoms with Gasteiger partial charge in [0.2, 0.25) is 5.91 Å². The number of aryl methyl sites for hydroxylation is 2. The molecule has 0 radical (unpaired) electrons. The fourth-order valence-electron chi connectivity index (χ4n) is 4.73. The number of hydrogen-bond donors (Lipinski definition) is 1. The fourth-order valence-corrected chi connectivity index (χ4v) is 5.83. The van der Waals surface area contributed by atoms with Crippen LogP contribution in [0.1, 0.15) is 24.5 Å². The van der Waals surface area contributed by atoms with E-state index in [1.807, 2.05) is 53.2 Å². The SMILES string of the molecule is CCC(=O)NS(=O)(=O)c1cccc(-c2ccc3c(c2)c(CCc2ccccc2)cn3-c2ccc(OC(F)F)cc2)c1. The smallest absolute Gasteiger partial charge is 0.387 e. The number of nitrogens with zero attached hydrogens (tertiary/aromatic N) is 1. The number of halogens is 2. The molecule has 4 aromatic carbocycles. The summed E-state index contributed by atoms with van der Waals surface area (Å²) in [5.74, 6) is -0.494. The summed E-state index contributed by atoms with van der Waals surface area (Å²) in [7, 11) is -4.00. The molecule has 0 fully saturated rings. The molecule has 41 heavy (non-hydrogen) atoms. The number of carbonyl (C=O) groups is 1. The summed E-state index contributed by atoms with van der Waals surface area (Å²) in [6.07, 6.45) is 3.67. The largest absolute Gasteiger partial charge is 0.435 e. The monoisotopic (exact) mass is 574 g/mol. The van der Waals surface area contributed by atoms with E-state index in [0.717, 1.165) is 40.6 Å². The highest BCUT2D eigenvalue weighted by Crippen LogP contribution is 2.32. The molecular weight excluding hydrogens is 546 g/mol. The van der Waals surface area contributed by atoms with Crippen LogP contribution in [-0.4, -0.2) is 25.5 Å². The number of fused-ring (bicyclic) bond motifs is 1. The first-order chi connectivity index (χ1) is 19.7. The molecule has 0 saturated carbocycles. The van der Waals surface area contributed by atoms with Gasteiger partial charge in [-0.25, -0.2) is 13.1 Å². The van der Waals surface area contributed by atoms with Gasteiger partial charge in [-0.2, -0.15) is 8.78 Å². The Morgan fingerprint density at radius 1 is 0.878 bits per heavy atom. The molecule has 0 aliphatic rings. The second-order valence-electron chi connectivity index (χ2n) is 9.52. The third-order valence-corrected chi connectivity index (χ3v) is 8.17. The molecule has 0 aliphatic heterocycles. The summed E-state index contributed by atoms with van der Waals surface area (Å²) in [4.78, 5) is 11.8. The van der Waals surface area contributed by atoms with Gasteiger partial charge in [0, 0.05) is 23.7 Å². The van der Waals surface area contributed by atoms with Crippen molar-refractivity contribution in [1.82, 2.24) is 9.29 Å². The summed E-state index contributed by atoms with van der Waals surface area (Å²) in [5, 5.41) is 0.985. The zero-order valence-electron chi connectivity index (χ0n) is 22.3. The van der Waals surface area contributed by atoms with Crippen molar-refractivity contribution in [2.75, 3.05) is 0 Å². The quantitative estimate of drug-likeness (QED) is 0.197. The molecule has 1 amide bonds. The molecule has 9 heteroatoms. The summed E-state index contributed by atoms with van der Waals surface area (Å²) < 4.78 is 59.3. The maximum atomic E-state index is 12.7. The van der Waals surface area contributed by atoms with Crippen LogP contribution < -0.4 is 9.46 Å². The molecule has 0 unspecified atom stereocenters. The lowest BCUT2D eigenvalue weighted by Crippen LogP contribution is -2.29. The predicted molar refractivity (Wildman–Crippen MR) is 155 cm³/mol. The van der Waals surface area contributed by atoms with E-state index in [1.54, 1.807) is 31.2 Å². The number of carbonyl (C=O) groups excluding carboxylic acids is 1. The van der Waals surface area contributed by atoms with E-state index < -0.39 is 22.5 Å². The van der Waals surface area contributed by atoms with Gasteiger partial charge in [-0.1, -0.05) is 55.5 Å². The lowest BCUT2D eigenvalue weighted by Gasteiger charge is -2.10. The first kappa shape index (κ1) is 28.0. The van der Waals surface area contributed by atoms with Crippen LogP contribution >= 0.6 is 0 Å². The van der Waals surface area contributed by atoms with Gasteiger partial charge in [-0.15, -0.1) is 0 Å². The molecule has 5 aromatic rings. The molecule has 0 spiro atoms. The molecular formula is C32H28F2N2O4S. The molecule has 1 aromatic heterocycles. The first-order valence-electron chi connectivity index (χ1n) is 13.1. The number of amides is 1. The summed E-state index contributed by atoms with van der Waals surface area (Å²) in [6, 6.07) is 29.0. The van der Waals surface area contributed by atoms with Crippen molar-refractivity contribution in [1.29, 1.82) is 0 Å². The number of benzene rings is 4. The lowest BCUT2D eigenvalue weighted by molar-refractivity contribution is -0.119. The molecule has 210 valence electrons. The number of aromatic nitrogens is 1. The molecule has 5 rings (SSSR count). The molecule has 1 N–H and O–H groups in total. The summed E-state index contributed by atoms with van der Waals surface area (Å²) >= 11 is 0. The Morgan fingerprint density at radius 2 is 1.61 bits per heavy atom. The maximum Gasteiger partial charge on any atom is 0.387 e. The van der Waals surface area contributed by atoms with Gasteiger partial charge in [-0.3, -0.25) is 4.79 Å². The number of hydrogen-bond acceptors (Lipinski definition) is 4. The Balaban J connectivity index is 1.55. The number of sulfonamides is 1. The summed E-state index contributed by atoms with van der Waals surface area (Å²) in [6.45, 7) is -1.31. The number of nitrogens with one attached hydrogen (secondary N) is 1. The van der Waals surface area contributed by atoms with Crippen molar-refractivity contribution >= 4 is 26.8 Å². The molecule has 0 bridgehead atoms. The van der Waals surface area contributed by atoms with Crippen LogP contribution in [0.5, 0.6) is 5.75 Å². The van der Waals surface area contributed by atoms with Crippen LogP contribution in [0.3, 0.4) is 0 Å². The van der Waals surface area contributed by atoms with Gasteiger partial charge in [0.25, 0.3) is 10.0 Å². The van der Waals surface area contributed by atoms with E-state index in [1.165, 1.54) is 23.8 Å². The predicted octanol–water partition coefficient (Wildman–Crippen LogP) is 6.90. The standard InChI is InChI=1S/C32H28F2N2O4S/c1-2-31(37)35-41(38,39)28-10-6-9-23(19-28)24-13-18-30-29(20-24)25(12-11-22-7-4-3-5-8-22)21-36(30)26-14-16-27(17-15-26)40-32(33)34/h3-10,13-21,32H,2,11-12H2,1H3,(H,35,37). The van der Waals surface area contributed by atoms with Crippen LogP contribution in [0, 0.1) is 0 Å². The van der Waals surface area contributed by atoms with Crippen molar-refractivity contribution < 1.29 is 26.7 Å². The Bertz CT molecular complexity index is 1780. The number of alkyl halides is 2. The highest BCUT2D eigenvalue weighted by molar-refractivity contribution is 7.90. The van der Waals surface area contributed by atoms with Gasteiger partial charge >= 0.3 is 6.61 Å². The Labute approximate surface area is 237 Å². The van der Waals surface area contributed by atoms with Crippen molar-refractivity contribution in [3.63, 3.8) is 0 Å². The maximum absolute atomic E-state index is 12.7. The van der Waals surface area contributed by atoms with E-state index in [4.69, 9.17) is 0 Å². The number of ether oxygens (including phenoxy) is 1. The third-order valence-electron chi connectivity index (χ3n) is 6.80. The highest BCUT2D eigenvalue weighted by Gasteiger charge is 2.18. The molecule has 6 nitrogen and oxygen atoms in total. The van der Waals surface area contributed by atoms with E-state index in [-0.39, 0.29) is 17.1 Å². The van der Waals surface area contributed by atoms with E-state index >= 15 is 0 Å². The Kier molecular flexibility index (Phi) is 8.16. The topological polar surface area (TPSA) is 77.4 Å². The zero-order valence-corrected chi connectivity index (χ0v) is 23.1. The van der Waals surface area contributed by atoms with E-state index in [2.05, 4.69) is 21.6 Å². The lowest BCUT2D eigenvalue weighted by atomic mass is 10.00. The van der Waals surface area contributed by atoms with Crippen LogP contribution in [-0.2, 0) is 27.7 Å². The average molecular weight is 575 g/mol. The third kappa shape index (κ3) is 6.47. The zero-order chi connectivity index (χ0) is 29.0. The molecule has 0 aliphatic carbocycles. The van der Waals surface area contributed by atoms with Crippen molar-refractivity contribution in [2.24, 2.45) is 0 Å². The first-order valence-corrected chi connectivity index (χ1v) is 14.6. The second-order valence-corrected chi connectivity index (χ2v) is 11.2. The van der Waals surface area contributed by atoms with Gasteiger partial charge in [0.05, 0.1) is 10.4 Å². The Morgan fingerprint density at radius 3 is 2.32 bits per heavy atom. The van der Waals surface area contributed by atoms with Crippen molar-refractivity contribution in [2.45, 2.75) is 37.7 Å².